The molecule has 2 heteroatoms. The number of nitrogens with zero attached hydrogens (tertiary/aromatic N) is 1. The molecule has 0 fully saturated rings. The second-order valence-corrected chi connectivity index (χ2v) is 6.10. The SMILES string of the molecule is CC(C)(C)C1=NCC(c2ccccc2)S1. The zero-order valence-corrected chi connectivity index (χ0v) is 10.3. The van der Waals surface area contributed by atoms with Crippen molar-refractivity contribution in [2.45, 2.75) is 26.0 Å². The molecule has 0 N–H and O–H groups in total. The van der Waals surface area contributed by atoms with Crippen molar-refractivity contribution in [1.29, 1.82) is 0 Å². The Morgan fingerprint density at radius 2 is 1.87 bits per heavy atom. The molecule has 0 saturated heterocycles. The zero-order chi connectivity index (χ0) is 10.9. The summed E-state index contributed by atoms with van der Waals surface area (Å²) in [5.41, 5.74) is 1.60. The fraction of sp³-hybridized carbons (Fsp3) is 0.462. The molecule has 80 valence electrons. The normalized spacial score (nSPS) is 21.5. The van der Waals surface area contributed by atoms with Crippen molar-refractivity contribution in [3.63, 3.8) is 0 Å². The standard InChI is InChI=1S/C13H17NS/c1-13(2,3)12-14-9-11(15-12)10-7-5-4-6-8-10/h4-8,11H,9H2,1-3H3. The van der Waals surface area contributed by atoms with E-state index in [0.717, 1.165) is 6.54 Å². The van der Waals surface area contributed by atoms with Crippen LogP contribution in [0.15, 0.2) is 35.3 Å². The van der Waals surface area contributed by atoms with Crippen molar-refractivity contribution in [1.82, 2.24) is 0 Å². The van der Waals surface area contributed by atoms with Gasteiger partial charge in [-0.2, -0.15) is 0 Å². The molecule has 15 heavy (non-hydrogen) atoms. The summed E-state index contributed by atoms with van der Waals surface area (Å²) in [5.74, 6) is 0. The van der Waals surface area contributed by atoms with E-state index in [1.54, 1.807) is 0 Å². The van der Waals surface area contributed by atoms with Crippen molar-refractivity contribution in [2.24, 2.45) is 10.4 Å². The van der Waals surface area contributed by atoms with E-state index in [0.29, 0.717) is 5.25 Å². The molecule has 2 rings (SSSR count). The Morgan fingerprint density at radius 3 is 2.40 bits per heavy atom. The lowest BCUT2D eigenvalue weighted by molar-refractivity contribution is 0.601. The summed E-state index contributed by atoms with van der Waals surface area (Å²) in [7, 11) is 0. The van der Waals surface area contributed by atoms with Crippen molar-refractivity contribution in [2.75, 3.05) is 6.54 Å². The van der Waals surface area contributed by atoms with E-state index >= 15 is 0 Å². The van der Waals surface area contributed by atoms with Gasteiger partial charge in [0.15, 0.2) is 0 Å². The number of aliphatic imine (C=N–C) groups is 1. The van der Waals surface area contributed by atoms with Crippen molar-refractivity contribution in [3.05, 3.63) is 35.9 Å². The number of thioether (sulfide) groups is 1. The Bertz CT molecular complexity index is 362. The topological polar surface area (TPSA) is 12.4 Å². The molecule has 1 unspecified atom stereocenters. The molecule has 0 aromatic heterocycles. The second-order valence-electron chi connectivity index (χ2n) is 4.91. The summed E-state index contributed by atoms with van der Waals surface area (Å²) < 4.78 is 0. The van der Waals surface area contributed by atoms with Crippen molar-refractivity contribution >= 4 is 16.8 Å². The minimum atomic E-state index is 0.203. The number of benzene rings is 1. The molecule has 1 nitrogen and oxygen atoms in total. The smallest absolute Gasteiger partial charge is 0.0736 e. The number of hydrogen-bond donors (Lipinski definition) is 0. The van der Waals surface area contributed by atoms with Gasteiger partial charge in [0, 0.05) is 5.41 Å². The molecule has 1 atom stereocenters. The van der Waals surface area contributed by atoms with Crippen LogP contribution in [0.4, 0.5) is 0 Å². The van der Waals surface area contributed by atoms with Crippen LogP contribution in [0, 0.1) is 5.41 Å². The average Bonchev–Trinajstić information content (AvgIpc) is 2.67. The lowest BCUT2D eigenvalue weighted by Crippen LogP contribution is -2.15. The quantitative estimate of drug-likeness (QED) is 0.697. The first-order valence-electron chi connectivity index (χ1n) is 5.34. The van der Waals surface area contributed by atoms with E-state index in [2.05, 4.69) is 56.1 Å². The van der Waals surface area contributed by atoms with Crippen LogP contribution in [0.25, 0.3) is 0 Å². The molecule has 0 aliphatic carbocycles. The van der Waals surface area contributed by atoms with E-state index in [4.69, 9.17) is 0 Å². The third-order valence-electron chi connectivity index (χ3n) is 2.47. The van der Waals surface area contributed by atoms with Gasteiger partial charge in [-0.15, -0.1) is 11.8 Å². The Labute approximate surface area is 96.0 Å². The highest BCUT2D eigenvalue weighted by Gasteiger charge is 2.28. The number of rotatable bonds is 1. The molecular formula is C13H17NS. The van der Waals surface area contributed by atoms with E-state index in [-0.39, 0.29) is 5.41 Å². The first-order chi connectivity index (χ1) is 7.07. The van der Waals surface area contributed by atoms with E-state index in [9.17, 15) is 0 Å². The molecule has 1 aliphatic rings. The van der Waals surface area contributed by atoms with Crippen molar-refractivity contribution in [3.8, 4) is 0 Å². The van der Waals surface area contributed by atoms with Crippen LogP contribution in [0.1, 0.15) is 31.6 Å². The van der Waals surface area contributed by atoms with E-state index < -0.39 is 0 Å². The Balaban J connectivity index is 2.09. The summed E-state index contributed by atoms with van der Waals surface area (Å²) in [6.07, 6.45) is 0. The molecule has 1 heterocycles. The predicted molar refractivity (Wildman–Crippen MR) is 68.5 cm³/mol. The maximum Gasteiger partial charge on any atom is 0.0736 e. The highest BCUT2D eigenvalue weighted by atomic mass is 32.2. The van der Waals surface area contributed by atoms with Gasteiger partial charge in [-0.05, 0) is 5.56 Å². The summed E-state index contributed by atoms with van der Waals surface area (Å²) in [6, 6.07) is 10.7. The first-order valence-corrected chi connectivity index (χ1v) is 6.22. The van der Waals surface area contributed by atoms with Crippen molar-refractivity contribution < 1.29 is 0 Å². The predicted octanol–water partition coefficient (Wildman–Crippen LogP) is 3.92. The van der Waals surface area contributed by atoms with Gasteiger partial charge in [0.2, 0.25) is 0 Å². The highest BCUT2D eigenvalue weighted by Crippen LogP contribution is 2.40. The summed E-state index contributed by atoms with van der Waals surface area (Å²) in [5, 5.41) is 1.82. The van der Waals surface area contributed by atoms with E-state index in [1.807, 2.05) is 11.8 Å². The van der Waals surface area contributed by atoms with Gasteiger partial charge >= 0.3 is 0 Å². The van der Waals surface area contributed by atoms with Gasteiger partial charge in [-0.25, -0.2) is 0 Å². The minimum absolute atomic E-state index is 0.203. The van der Waals surface area contributed by atoms with Crippen LogP contribution in [-0.2, 0) is 0 Å². The van der Waals surface area contributed by atoms with E-state index in [1.165, 1.54) is 10.6 Å². The summed E-state index contributed by atoms with van der Waals surface area (Å²) in [4.78, 5) is 4.64. The monoisotopic (exact) mass is 219 g/mol. The Kier molecular flexibility index (Phi) is 2.87. The molecule has 0 bridgehead atoms. The molecule has 0 amide bonds. The van der Waals surface area contributed by atoms with Crippen LogP contribution in [0.2, 0.25) is 0 Å². The fourth-order valence-electron chi connectivity index (χ4n) is 1.63. The van der Waals surface area contributed by atoms with Gasteiger partial charge in [-0.1, -0.05) is 51.1 Å². The lowest BCUT2D eigenvalue weighted by atomic mass is 9.99. The Morgan fingerprint density at radius 1 is 1.20 bits per heavy atom. The van der Waals surface area contributed by atoms with Gasteiger partial charge in [0.1, 0.15) is 0 Å². The van der Waals surface area contributed by atoms with Crippen LogP contribution >= 0.6 is 11.8 Å². The largest absolute Gasteiger partial charge is 0.281 e. The van der Waals surface area contributed by atoms with Gasteiger partial charge in [-0.3, -0.25) is 4.99 Å². The zero-order valence-electron chi connectivity index (χ0n) is 9.53. The van der Waals surface area contributed by atoms with Gasteiger partial charge < -0.3 is 0 Å². The number of hydrogen-bond acceptors (Lipinski definition) is 2. The molecule has 0 radical (unpaired) electrons. The third kappa shape index (κ3) is 2.43. The molecule has 1 aromatic carbocycles. The third-order valence-corrected chi connectivity index (χ3v) is 4.14. The summed E-state index contributed by atoms with van der Waals surface area (Å²) >= 11 is 1.92. The molecule has 0 saturated carbocycles. The first kappa shape index (κ1) is 10.7. The molecule has 1 aromatic rings. The van der Waals surface area contributed by atoms with Crippen LogP contribution < -0.4 is 0 Å². The minimum Gasteiger partial charge on any atom is -0.281 e. The molecule has 1 aliphatic heterocycles. The Hall–Kier alpha value is -0.760. The van der Waals surface area contributed by atoms with Crippen LogP contribution in [0.5, 0.6) is 0 Å². The molecule has 0 spiro atoms. The maximum absolute atomic E-state index is 4.64. The van der Waals surface area contributed by atoms with Gasteiger partial charge in [0.05, 0.1) is 16.8 Å². The van der Waals surface area contributed by atoms with Crippen LogP contribution in [-0.4, -0.2) is 11.6 Å². The lowest BCUT2D eigenvalue weighted by Gasteiger charge is -2.18. The maximum atomic E-state index is 4.64. The average molecular weight is 219 g/mol. The second kappa shape index (κ2) is 4.01. The van der Waals surface area contributed by atoms with Crippen LogP contribution in [0.3, 0.4) is 0 Å². The van der Waals surface area contributed by atoms with Gasteiger partial charge in [0.25, 0.3) is 0 Å². The summed E-state index contributed by atoms with van der Waals surface area (Å²) in [6.45, 7) is 7.62. The fourth-order valence-corrected chi connectivity index (χ4v) is 2.84. The molecular weight excluding hydrogens is 202 g/mol. The highest BCUT2D eigenvalue weighted by molar-refractivity contribution is 8.14.